The van der Waals surface area contributed by atoms with Crippen LogP contribution in [-0.4, -0.2) is 9.97 Å². The van der Waals surface area contributed by atoms with Crippen molar-refractivity contribution in [3.63, 3.8) is 0 Å². The summed E-state index contributed by atoms with van der Waals surface area (Å²) < 4.78 is 24.9. The smallest absolute Gasteiger partial charge is 0.165 e. The first-order valence-electron chi connectivity index (χ1n) is 5.15. The molecular weight excluding hydrogens is 238 g/mol. The summed E-state index contributed by atoms with van der Waals surface area (Å²) in [5.74, 6) is -0.573. The van der Waals surface area contributed by atoms with E-state index in [9.17, 15) is 8.78 Å². The van der Waals surface area contributed by atoms with Crippen LogP contribution in [0.25, 0.3) is 0 Å². The molecule has 0 radical (unpaired) electrons. The summed E-state index contributed by atoms with van der Waals surface area (Å²) in [4.78, 5) is 7.26. The predicted molar refractivity (Wildman–Crippen MR) is 66.7 cm³/mol. The molecule has 2 heterocycles. The molecule has 96 valence electrons. The molecule has 2 aromatic heterocycles. The molecule has 6 heteroatoms. The topological polar surface area (TPSA) is 77.8 Å². The van der Waals surface area contributed by atoms with E-state index in [0.717, 1.165) is 5.56 Å². The van der Waals surface area contributed by atoms with Crippen molar-refractivity contribution in [1.29, 1.82) is 0 Å². The van der Waals surface area contributed by atoms with Gasteiger partial charge < -0.3 is 11.5 Å². The van der Waals surface area contributed by atoms with Crippen LogP contribution in [0.1, 0.15) is 11.1 Å². The second-order valence-electron chi connectivity index (χ2n) is 3.74. The molecule has 0 spiro atoms. The van der Waals surface area contributed by atoms with Gasteiger partial charge in [0.1, 0.15) is 11.6 Å². The number of aromatic nitrogens is 2. The van der Waals surface area contributed by atoms with Gasteiger partial charge in [-0.2, -0.15) is 0 Å². The summed E-state index contributed by atoms with van der Waals surface area (Å²) in [6.45, 7) is 3.40. The molecule has 4 nitrogen and oxygen atoms in total. The van der Waals surface area contributed by atoms with E-state index in [1.807, 2.05) is 0 Å². The average Bonchev–Trinajstić information content (AvgIpc) is 2.30. The molecule has 0 aromatic carbocycles. The molecular formula is C12H14F2N4. The number of hydrogen-bond acceptors (Lipinski definition) is 4. The minimum Gasteiger partial charge on any atom is -0.384 e. The highest BCUT2D eigenvalue weighted by atomic mass is 19.1. The van der Waals surface area contributed by atoms with Gasteiger partial charge in [0, 0.05) is 24.0 Å². The normalized spacial score (nSPS) is 9.56. The maximum absolute atomic E-state index is 12.5. The first-order valence-corrected chi connectivity index (χ1v) is 5.15. The molecule has 2 rings (SSSR count). The zero-order chi connectivity index (χ0) is 13.7. The number of hydrogen-bond donors (Lipinski definition) is 2. The summed E-state index contributed by atoms with van der Waals surface area (Å²) >= 11 is 0. The van der Waals surface area contributed by atoms with Crippen LogP contribution in [0.3, 0.4) is 0 Å². The molecule has 0 aliphatic carbocycles. The number of nitrogens with zero attached hydrogens (tertiary/aromatic N) is 2. The van der Waals surface area contributed by atoms with Gasteiger partial charge in [-0.3, -0.25) is 0 Å². The third-order valence-electron chi connectivity index (χ3n) is 2.06. The summed E-state index contributed by atoms with van der Waals surface area (Å²) in [5.41, 5.74) is 11.6. The van der Waals surface area contributed by atoms with Crippen molar-refractivity contribution in [2.24, 2.45) is 0 Å². The Morgan fingerprint density at radius 2 is 1.61 bits per heavy atom. The van der Waals surface area contributed by atoms with Crippen LogP contribution in [0, 0.1) is 25.5 Å². The molecule has 0 bridgehead atoms. The lowest BCUT2D eigenvalue weighted by atomic mass is 10.3. The van der Waals surface area contributed by atoms with Crippen LogP contribution >= 0.6 is 0 Å². The fourth-order valence-corrected chi connectivity index (χ4v) is 1.06. The quantitative estimate of drug-likeness (QED) is 0.753. The van der Waals surface area contributed by atoms with Crippen molar-refractivity contribution >= 4 is 11.6 Å². The summed E-state index contributed by atoms with van der Waals surface area (Å²) in [7, 11) is 0. The van der Waals surface area contributed by atoms with Crippen molar-refractivity contribution in [2.45, 2.75) is 13.8 Å². The minimum absolute atomic E-state index is 0.0411. The molecule has 4 N–H and O–H groups in total. The molecule has 0 amide bonds. The predicted octanol–water partition coefficient (Wildman–Crippen LogP) is 2.22. The van der Waals surface area contributed by atoms with E-state index in [2.05, 4.69) is 9.97 Å². The second-order valence-corrected chi connectivity index (χ2v) is 3.74. The van der Waals surface area contributed by atoms with E-state index >= 15 is 0 Å². The standard InChI is InChI=1S/2C6H7FN2/c1-4-3-9-6(8)2-5(4)7;1-4-2-5(7)6(8)9-3-4/h2*2-3H,1H3,(H2,8,9). The SMILES string of the molecule is Cc1cnc(N)c(F)c1.Cc1cnc(N)cc1F. The Labute approximate surface area is 104 Å². The van der Waals surface area contributed by atoms with Crippen molar-refractivity contribution in [3.05, 3.63) is 47.3 Å². The van der Waals surface area contributed by atoms with Crippen LogP contribution in [0.15, 0.2) is 24.5 Å². The minimum atomic E-state index is -0.449. The zero-order valence-electron chi connectivity index (χ0n) is 10.1. The number of rotatable bonds is 0. The van der Waals surface area contributed by atoms with E-state index in [-0.39, 0.29) is 17.5 Å². The van der Waals surface area contributed by atoms with E-state index < -0.39 is 5.82 Å². The molecule has 0 atom stereocenters. The number of aryl methyl sites for hydroxylation is 2. The van der Waals surface area contributed by atoms with E-state index in [0.29, 0.717) is 5.56 Å². The molecule has 2 aromatic rings. The Bertz CT molecular complexity index is 494. The first-order chi connectivity index (χ1) is 8.40. The van der Waals surface area contributed by atoms with Gasteiger partial charge in [0.15, 0.2) is 11.6 Å². The highest BCUT2D eigenvalue weighted by Gasteiger charge is 1.96. The third-order valence-corrected chi connectivity index (χ3v) is 2.06. The summed E-state index contributed by atoms with van der Waals surface area (Å²) in [6.07, 6.45) is 2.93. The van der Waals surface area contributed by atoms with E-state index in [1.54, 1.807) is 13.8 Å². The monoisotopic (exact) mass is 252 g/mol. The van der Waals surface area contributed by atoms with Gasteiger partial charge in [-0.15, -0.1) is 0 Å². The van der Waals surface area contributed by atoms with Crippen molar-refractivity contribution in [1.82, 2.24) is 9.97 Å². The third kappa shape index (κ3) is 3.97. The van der Waals surface area contributed by atoms with Gasteiger partial charge in [0.05, 0.1) is 0 Å². The lowest BCUT2D eigenvalue weighted by molar-refractivity contribution is 0.617. The fraction of sp³-hybridized carbons (Fsp3) is 0.167. The number of pyridine rings is 2. The Morgan fingerprint density at radius 1 is 0.944 bits per heavy atom. The van der Waals surface area contributed by atoms with Gasteiger partial charge in [-0.25, -0.2) is 18.7 Å². The molecule has 0 saturated carbocycles. The molecule has 0 unspecified atom stereocenters. The maximum atomic E-state index is 12.5. The molecule has 0 fully saturated rings. The lowest BCUT2D eigenvalue weighted by Crippen LogP contribution is -1.94. The Kier molecular flexibility index (Phi) is 4.53. The number of nitrogens with two attached hydrogens (primary N) is 2. The fourth-order valence-electron chi connectivity index (χ4n) is 1.06. The van der Waals surface area contributed by atoms with Crippen molar-refractivity contribution in [3.8, 4) is 0 Å². The highest BCUT2D eigenvalue weighted by molar-refractivity contribution is 5.31. The van der Waals surface area contributed by atoms with Crippen LogP contribution in [0.4, 0.5) is 20.4 Å². The van der Waals surface area contributed by atoms with Crippen LogP contribution < -0.4 is 11.5 Å². The summed E-state index contributed by atoms with van der Waals surface area (Å²) in [6, 6.07) is 2.55. The molecule has 0 aliphatic rings. The number of nitrogen functional groups attached to an aromatic ring is 2. The lowest BCUT2D eigenvalue weighted by Gasteiger charge is -1.94. The molecule has 0 aliphatic heterocycles. The molecule has 18 heavy (non-hydrogen) atoms. The van der Waals surface area contributed by atoms with Gasteiger partial charge in [-0.1, -0.05) is 0 Å². The van der Waals surface area contributed by atoms with Gasteiger partial charge in [-0.05, 0) is 25.5 Å². The van der Waals surface area contributed by atoms with E-state index in [1.165, 1.54) is 24.5 Å². The van der Waals surface area contributed by atoms with E-state index in [4.69, 9.17) is 11.5 Å². The number of halogens is 2. The maximum Gasteiger partial charge on any atom is 0.165 e. The Morgan fingerprint density at radius 3 is 2.06 bits per heavy atom. The first kappa shape index (κ1) is 13.8. The van der Waals surface area contributed by atoms with Crippen LogP contribution in [0.2, 0.25) is 0 Å². The van der Waals surface area contributed by atoms with Gasteiger partial charge >= 0.3 is 0 Å². The Hall–Kier alpha value is -2.24. The average molecular weight is 252 g/mol. The molecule has 0 saturated heterocycles. The van der Waals surface area contributed by atoms with Crippen LogP contribution in [0.5, 0.6) is 0 Å². The van der Waals surface area contributed by atoms with Crippen LogP contribution in [-0.2, 0) is 0 Å². The number of anilines is 2. The highest BCUT2D eigenvalue weighted by Crippen LogP contribution is 2.06. The summed E-state index contributed by atoms with van der Waals surface area (Å²) in [5, 5.41) is 0. The Balaban J connectivity index is 0.000000180. The van der Waals surface area contributed by atoms with Gasteiger partial charge in [0.25, 0.3) is 0 Å². The van der Waals surface area contributed by atoms with Crippen molar-refractivity contribution < 1.29 is 8.78 Å². The second kappa shape index (κ2) is 5.90. The zero-order valence-corrected chi connectivity index (χ0v) is 10.1. The van der Waals surface area contributed by atoms with Gasteiger partial charge in [0.2, 0.25) is 0 Å². The largest absolute Gasteiger partial charge is 0.384 e. The van der Waals surface area contributed by atoms with Crippen molar-refractivity contribution in [2.75, 3.05) is 11.5 Å².